The van der Waals surface area contributed by atoms with Gasteiger partial charge in [-0.05, 0) is 18.2 Å². The van der Waals surface area contributed by atoms with E-state index in [9.17, 15) is 36.6 Å². The highest BCUT2D eigenvalue weighted by atomic mass is 32.2. The van der Waals surface area contributed by atoms with Gasteiger partial charge in [0.15, 0.2) is 0 Å². The summed E-state index contributed by atoms with van der Waals surface area (Å²) in [5.74, 6) is -1.75. The number of aliphatic hydroxyl groups excluding tert-OH is 1. The van der Waals surface area contributed by atoms with Crippen LogP contribution in [0.25, 0.3) is 0 Å². The maximum absolute atomic E-state index is 13.1. The summed E-state index contributed by atoms with van der Waals surface area (Å²) in [4.78, 5) is 12.4. The van der Waals surface area contributed by atoms with Crippen LogP contribution >= 0.6 is 0 Å². The molecule has 156 valence electrons. The standard InChI is InChI=1S/C17H16F3N3O5S/c18-17(19,20)13-5-11(3-1-9(13)6-21)22-29(27,28)15-10-2-4-14(12(15)8-24)23(7-10)16(25)26/h1-5,10,12,14-15,22,24H,7-8H2,(H,25,26)/t10-,12+,14-,15-/m0/s1. The van der Waals surface area contributed by atoms with Crippen molar-refractivity contribution in [2.45, 2.75) is 17.5 Å². The van der Waals surface area contributed by atoms with Crippen molar-refractivity contribution in [1.29, 1.82) is 5.26 Å². The highest BCUT2D eigenvalue weighted by molar-refractivity contribution is 7.93. The lowest BCUT2D eigenvalue weighted by atomic mass is 9.77. The number of nitrogens with one attached hydrogen (secondary N) is 1. The predicted molar refractivity (Wildman–Crippen MR) is 94.2 cm³/mol. The quantitative estimate of drug-likeness (QED) is 0.624. The molecule has 3 aliphatic rings. The Bertz CT molecular complexity index is 1000. The number of sulfonamides is 1. The zero-order chi connectivity index (χ0) is 21.6. The molecule has 1 fully saturated rings. The van der Waals surface area contributed by atoms with Crippen molar-refractivity contribution in [2.75, 3.05) is 17.9 Å². The summed E-state index contributed by atoms with van der Waals surface area (Å²) in [7, 11) is -4.29. The van der Waals surface area contributed by atoms with Crippen LogP contribution in [-0.2, 0) is 16.2 Å². The van der Waals surface area contributed by atoms with E-state index in [1.165, 1.54) is 12.1 Å². The molecule has 0 radical (unpaired) electrons. The first-order chi connectivity index (χ1) is 13.5. The second kappa shape index (κ2) is 7.23. The first kappa shape index (κ1) is 20.9. The van der Waals surface area contributed by atoms with Gasteiger partial charge in [-0.1, -0.05) is 12.2 Å². The van der Waals surface area contributed by atoms with Gasteiger partial charge in [-0.15, -0.1) is 0 Å². The van der Waals surface area contributed by atoms with Gasteiger partial charge in [0.25, 0.3) is 0 Å². The topological polar surface area (TPSA) is 131 Å². The smallest absolute Gasteiger partial charge is 0.417 e. The maximum atomic E-state index is 13.1. The van der Waals surface area contributed by atoms with Crippen molar-refractivity contribution in [1.82, 2.24) is 4.90 Å². The van der Waals surface area contributed by atoms with Gasteiger partial charge in [0.1, 0.15) is 0 Å². The number of halogens is 3. The Balaban J connectivity index is 1.94. The third-order valence-electron chi connectivity index (χ3n) is 5.13. The third kappa shape index (κ3) is 3.75. The van der Waals surface area contributed by atoms with Gasteiger partial charge in [-0.2, -0.15) is 18.4 Å². The second-order valence-corrected chi connectivity index (χ2v) is 8.64. The molecule has 2 bridgehead atoms. The Morgan fingerprint density at radius 1 is 1.34 bits per heavy atom. The minimum Gasteiger partial charge on any atom is -0.465 e. The fourth-order valence-electron chi connectivity index (χ4n) is 3.92. The lowest BCUT2D eigenvalue weighted by Gasteiger charge is -2.48. The zero-order valence-corrected chi connectivity index (χ0v) is 15.5. The Morgan fingerprint density at radius 3 is 2.59 bits per heavy atom. The van der Waals surface area contributed by atoms with Gasteiger partial charge in [0.05, 0.1) is 28.5 Å². The minimum absolute atomic E-state index is 0.111. The van der Waals surface area contributed by atoms with E-state index in [2.05, 4.69) is 4.72 Å². The van der Waals surface area contributed by atoms with Crippen LogP contribution in [0.4, 0.5) is 23.7 Å². The number of carbonyl (C=O) groups is 1. The molecule has 29 heavy (non-hydrogen) atoms. The number of piperidine rings is 1. The van der Waals surface area contributed by atoms with E-state index in [-0.39, 0.29) is 12.2 Å². The number of amides is 1. The van der Waals surface area contributed by atoms with Gasteiger partial charge in [0, 0.05) is 30.7 Å². The number of nitrogens with zero attached hydrogens (tertiary/aromatic N) is 2. The molecule has 1 aromatic rings. The van der Waals surface area contributed by atoms with Crippen LogP contribution in [0, 0.1) is 23.2 Å². The van der Waals surface area contributed by atoms with E-state index in [4.69, 9.17) is 5.26 Å². The van der Waals surface area contributed by atoms with Gasteiger partial charge < -0.3 is 15.1 Å². The SMILES string of the molecule is N#Cc1ccc(NS(=O)(=O)[C@@H]2[C@H](CO)[C@@H]3C=C[C@H]2CN3C(=O)O)cc1C(F)(F)F. The van der Waals surface area contributed by atoms with E-state index in [1.807, 2.05) is 0 Å². The normalized spacial score (nSPS) is 26.2. The number of alkyl halides is 3. The number of hydrogen-bond acceptors (Lipinski definition) is 5. The summed E-state index contributed by atoms with van der Waals surface area (Å²) in [6, 6.07) is 2.98. The van der Waals surface area contributed by atoms with E-state index < -0.39 is 63.2 Å². The van der Waals surface area contributed by atoms with Crippen molar-refractivity contribution < 1.29 is 36.6 Å². The van der Waals surface area contributed by atoms with Crippen molar-refractivity contribution >= 4 is 21.8 Å². The first-order valence-corrected chi connectivity index (χ1v) is 9.96. The molecule has 0 saturated carbocycles. The molecular formula is C17H16F3N3O5S. The number of aliphatic hydroxyl groups is 1. The van der Waals surface area contributed by atoms with Crippen molar-refractivity contribution in [2.24, 2.45) is 11.8 Å². The number of benzene rings is 1. The zero-order valence-electron chi connectivity index (χ0n) is 14.7. The minimum atomic E-state index is -4.85. The third-order valence-corrected chi connectivity index (χ3v) is 7.06. The largest absolute Gasteiger partial charge is 0.465 e. The molecule has 12 heteroatoms. The molecular weight excluding hydrogens is 415 g/mol. The van der Waals surface area contributed by atoms with Gasteiger partial charge in [-0.25, -0.2) is 13.2 Å². The van der Waals surface area contributed by atoms with Crippen LogP contribution < -0.4 is 4.72 Å². The first-order valence-electron chi connectivity index (χ1n) is 8.41. The van der Waals surface area contributed by atoms with Crippen molar-refractivity contribution in [3.05, 3.63) is 41.5 Å². The molecule has 2 aliphatic heterocycles. The van der Waals surface area contributed by atoms with Gasteiger partial charge in [-0.3, -0.25) is 4.72 Å². The lowest BCUT2D eigenvalue weighted by molar-refractivity contribution is -0.137. The molecule has 0 unspecified atom stereocenters. The van der Waals surface area contributed by atoms with E-state index in [0.717, 1.165) is 17.0 Å². The highest BCUT2D eigenvalue weighted by Gasteiger charge is 2.52. The summed E-state index contributed by atoms with van der Waals surface area (Å²) < 4.78 is 67.4. The number of fused-ring (bicyclic) bond motifs is 2. The summed E-state index contributed by atoms with van der Waals surface area (Å²) in [6.07, 6.45) is -3.05. The van der Waals surface area contributed by atoms with Crippen LogP contribution in [0.5, 0.6) is 0 Å². The molecule has 4 rings (SSSR count). The van der Waals surface area contributed by atoms with Crippen molar-refractivity contribution in [3.63, 3.8) is 0 Å². The summed E-state index contributed by atoms with van der Waals surface area (Å²) in [5.41, 5.74) is -2.31. The molecule has 2 heterocycles. The predicted octanol–water partition coefficient (Wildman–Crippen LogP) is 1.84. The Morgan fingerprint density at radius 2 is 2.03 bits per heavy atom. The van der Waals surface area contributed by atoms with E-state index in [1.54, 1.807) is 6.08 Å². The van der Waals surface area contributed by atoms with E-state index in [0.29, 0.717) is 6.07 Å². The molecule has 8 nitrogen and oxygen atoms in total. The molecule has 1 aromatic carbocycles. The number of nitriles is 1. The number of carboxylic acid groups (broad SMARTS) is 1. The molecule has 4 atom stereocenters. The summed E-state index contributed by atoms with van der Waals surface area (Å²) in [5, 5.41) is 26.6. The van der Waals surface area contributed by atoms with Crippen LogP contribution in [0.15, 0.2) is 30.4 Å². The molecule has 0 spiro atoms. The molecule has 0 aromatic heterocycles. The molecule has 1 aliphatic carbocycles. The molecule has 1 amide bonds. The Kier molecular flexibility index (Phi) is 5.22. The van der Waals surface area contributed by atoms with Crippen LogP contribution in [0.2, 0.25) is 0 Å². The molecule has 3 N–H and O–H groups in total. The molecule has 1 saturated heterocycles. The Hall–Kier alpha value is -2.78. The number of hydrogen-bond donors (Lipinski definition) is 3. The highest BCUT2D eigenvalue weighted by Crippen LogP contribution is 2.40. The summed E-state index contributed by atoms with van der Waals surface area (Å²) in [6.45, 7) is -0.734. The Labute approximate surface area is 163 Å². The lowest BCUT2D eigenvalue weighted by Crippen LogP contribution is -2.62. The van der Waals surface area contributed by atoms with Crippen molar-refractivity contribution in [3.8, 4) is 6.07 Å². The van der Waals surface area contributed by atoms with Crippen LogP contribution in [-0.4, -0.2) is 54.1 Å². The summed E-state index contributed by atoms with van der Waals surface area (Å²) >= 11 is 0. The second-order valence-electron chi connectivity index (χ2n) is 6.80. The van der Waals surface area contributed by atoms with E-state index >= 15 is 0 Å². The van der Waals surface area contributed by atoms with Gasteiger partial charge >= 0.3 is 12.3 Å². The maximum Gasteiger partial charge on any atom is 0.417 e. The fourth-order valence-corrected chi connectivity index (χ4v) is 5.85. The number of rotatable bonds is 4. The average Bonchev–Trinajstić information content (AvgIpc) is 2.66. The fraction of sp³-hybridized carbons (Fsp3) is 0.412. The van der Waals surface area contributed by atoms with Gasteiger partial charge in [0.2, 0.25) is 10.0 Å². The number of anilines is 1. The average molecular weight is 431 g/mol. The van der Waals surface area contributed by atoms with Crippen LogP contribution in [0.1, 0.15) is 11.1 Å². The monoisotopic (exact) mass is 431 g/mol. The van der Waals surface area contributed by atoms with Crippen LogP contribution in [0.3, 0.4) is 0 Å².